The Morgan fingerprint density at radius 3 is 2.13 bits per heavy atom. The highest BCUT2D eigenvalue weighted by Gasteiger charge is 2.50. The Kier molecular flexibility index (Phi) is 5.99. The van der Waals surface area contributed by atoms with E-state index < -0.39 is 0 Å². The predicted molar refractivity (Wildman–Crippen MR) is 94.3 cm³/mol. The van der Waals surface area contributed by atoms with E-state index in [1.165, 1.54) is 64.2 Å². The molecule has 2 nitrogen and oxygen atoms in total. The fourth-order valence-electron chi connectivity index (χ4n) is 4.89. The summed E-state index contributed by atoms with van der Waals surface area (Å²) in [5, 5.41) is 0. The van der Waals surface area contributed by atoms with Gasteiger partial charge in [-0.2, -0.15) is 0 Å². The van der Waals surface area contributed by atoms with Crippen molar-refractivity contribution in [3.8, 4) is 0 Å². The first kappa shape index (κ1) is 16.8. The van der Waals surface area contributed by atoms with E-state index in [1.807, 2.05) is 12.3 Å². The van der Waals surface area contributed by atoms with Crippen LogP contribution >= 0.6 is 0 Å². The van der Waals surface area contributed by atoms with Gasteiger partial charge < -0.3 is 9.15 Å². The number of allylic oxidation sites excluding steroid dienone is 1. The second kappa shape index (κ2) is 8.19. The van der Waals surface area contributed by atoms with Crippen LogP contribution in [0.5, 0.6) is 0 Å². The Morgan fingerprint density at radius 2 is 1.65 bits per heavy atom. The summed E-state index contributed by atoms with van der Waals surface area (Å²) in [6, 6.07) is 4.20. The molecule has 1 aromatic rings. The molecule has 0 unspecified atom stereocenters. The lowest BCUT2D eigenvalue weighted by Crippen LogP contribution is -2.46. The quantitative estimate of drug-likeness (QED) is 0.581. The minimum atomic E-state index is -0.205. The molecular weight excluding hydrogens is 284 g/mol. The third-order valence-corrected chi connectivity index (χ3v) is 5.98. The van der Waals surface area contributed by atoms with Crippen LogP contribution in [-0.4, -0.2) is 6.61 Å². The summed E-state index contributed by atoms with van der Waals surface area (Å²) in [5.41, 5.74) is -0.205. The van der Waals surface area contributed by atoms with Gasteiger partial charge in [0.1, 0.15) is 11.4 Å². The van der Waals surface area contributed by atoms with E-state index in [1.54, 1.807) is 0 Å². The van der Waals surface area contributed by atoms with Gasteiger partial charge in [-0.15, -0.1) is 0 Å². The van der Waals surface area contributed by atoms with Crippen molar-refractivity contribution in [3.05, 3.63) is 36.3 Å². The number of furan rings is 1. The smallest absolute Gasteiger partial charge is 0.136 e. The van der Waals surface area contributed by atoms with Crippen molar-refractivity contribution in [2.24, 2.45) is 11.8 Å². The largest absolute Gasteiger partial charge is 0.466 e. The SMILES string of the molecule is C/C=C/COC(c1ccco1)(C1CCCCC1)C1CCCCC1. The molecule has 2 saturated carbocycles. The van der Waals surface area contributed by atoms with Crippen LogP contribution in [0.4, 0.5) is 0 Å². The predicted octanol–water partition coefficient (Wildman–Crippen LogP) is 6.23. The lowest BCUT2D eigenvalue weighted by Gasteiger charge is -2.47. The zero-order chi connectivity index (χ0) is 16.0. The molecule has 23 heavy (non-hydrogen) atoms. The average Bonchev–Trinajstić information content (AvgIpc) is 3.15. The van der Waals surface area contributed by atoms with Gasteiger partial charge in [0.2, 0.25) is 0 Å². The Bertz CT molecular complexity index is 444. The normalized spacial score (nSPS) is 22.0. The summed E-state index contributed by atoms with van der Waals surface area (Å²) in [7, 11) is 0. The maximum atomic E-state index is 6.71. The van der Waals surface area contributed by atoms with Crippen molar-refractivity contribution >= 4 is 0 Å². The van der Waals surface area contributed by atoms with Gasteiger partial charge >= 0.3 is 0 Å². The van der Waals surface area contributed by atoms with Crippen molar-refractivity contribution < 1.29 is 9.15 Å². The van der Waals surface area contributed by atoms with Crippen molar-refractivity contribution in [3.63, 3.8) is 0 Å². The van der Waals surface area contributed by atoms with Crippen LogP contribution in [0.1, 0.15) is 76.9 Å². The molecule has 0 atom stereocenters. The first-order valence-electron chi connectivity index (χ1n) is 9.67. The summed E-state index contributed by atoms with van der Waals surface area (Å²) >= 11 is 0. The van der Waals surface area contributed by atoms with Crippen molar-refractivity contribution in [1.29, 1.82) is 0 Å². The second-order valence-corrected chi connectivity index (χ2v) is 7.32. The lowest BCUT2D eigenvalue weighted by molar-refractivity contribution is -0.153. The molecule has 0 aliphatic heterocycles. The summed E-state index contributed by atoms with van der Waals surface area (Å²) in [4.78, 5) is 0. The van der Waals surface area contributed by atoms with Crippen LogP contribution < -0.4 is 0 Å². The minimum Gasteiger partial charge on any atom is -0.466 e. The number of hydrogen-bond donors (Lipinski definition) is 0. The van der Waals surface area contributed by atoms with Gasteiger partial charge in [-0.05, 0) is 56.6 Å². The molecule has 1 heterocycles. The molecule has 0 saturated heterocycles. The highest BCUT2D eigenvalue weighted by molar-refractivity contribution is 5.15. The van der Waals surface area contributed by atoms with Gasteiger partial charge in [-0.3, -0.25) is 0 Å². The van der Waals surface area contributed by atoms with Crippen LogP contribution in [0, 0.1) is 11.8 Å². The molecule has 1 aromatic heterocycles. The molecule has 2 aliphatic rings. The summed E-state index contributed by atoms with van der Waals surface area (Å²) in [6.07, 6.45) is 19.3. The topological polar surface area (TPSA) is 22.4 Å². The zero-order valence-electron chi connectivity index (χ0n) is 14.6. The Morgan fingerprint density at radius 1 is 1.04 bits per heavy atom. The van der Waals surface area contributed by atoms with Gasteiger partial charge in [0.15, 0.2) is 0 Å². The fraction of sp³-hybridized carbons (Fsp3) is 0.714. The molecule has 0 radical (unpaired) electrons. The maximum absolute atomic E-state index is 6.71. The fourth-order valence-corrected chi connectivity index (χ4v) is 4.89. The monoisotopic (exact) mass is 316 g/mol. The molecule has 2 heteroatoms. The maximum Gasteiger partial charge on any atom is 0.136 e. The zero-order valence-corrected chi connectivity index (χ0v) is 14.6. The van der Waals surface area contributed by atoms with Crippen LogP contribution in [0.15, 0.2) is 35.0 Å². The van der Waals surface area contributed by atoms with Crippen molar-refractivity contribution in [2.45, 2.75) is 76.7 Å². The molecule has 3 rings (SSSR count). The third kappa shape index (κ3) is 3.57. The molecule has 2 aliphatic carbocycles. The van der Waals surface area contributed by atoms with Crippen LogP contribution in [-0.2, 0) is 10.3 Å². The van der Waals surface area contributed by atoms with Gasteiger partial charge in [0.05, 0.1) is 12.9 Å². The third-order valence-electron chi connectivity index (χ3n) is 5.98. The highest BCUT2D eigenvalue weighted by Crippen LogP contribution is 2.51. The summed E-state index contributed by atoms with van der Waals surface area (Å²) in [6.45, 7) is 2.77. The molecule has 0 aromatic carbocycles. The van der Waals surface area contributed by atoms with E-state index in [9.17, 15) is 0 Å². The van der Waals surface area contributed by atoms with Gasteiger partial charge in [0.25, 0.3) is 0 Å². The van der Waals surface area contributed by atoms with Crippen LogP contribution in [0.2, 0.25) is 0 Å². The van der Waals surface area contributed by atoms with E-state index in [-0.39, 0.29) is 5.60 Å². The number of rotatable bonds is 6. The molecule has 0 N–H and O–H groups in total. The van der Waals surface area contributed by atoms with E-state index in [4.69, 9.17) is 9.15 Å². The molecule has 128 valence electrons. The van der Waals surface area contributed by atoms with E-state index in [0.717, 1.165) is 5.76 Å². The Hall–Kier alpha value is -1.02. The van der Waals surface area contributed by atoms with Crippen LogP contribution in [0.3, 0.4) is 0 Å². The first-order chi connectivity index (χ1) is 11.4. The van der Waals surface area contributed by atoms with Gasteiger partial charge in [0, 0.05) is 0 Å². The molecule has 0 bridgehead atoms. The Labute approximate surface area is 141 Å². The first-order valence-corrected chi connectivity index (χ1v) is 9.67. The standard InChI is InChI=1S/C21H32O2/c1-2-3-17-23-21(20-15-10-16-22-20,18-11-6-4-7-12-18)19-13-8-5-9-14-19/h2-3,10,15-16,18-19H,4-9,11-14,17H2,1H3/b3-2+. The van der Waals surface area contributed by atoms with Gasteiger partial charge in [-0.25, -0.2) is 0 Å². The number of ether oxygens (including phenoxy) is 1. The minimum absolute atomic E-state index is 0.205. The molecule has 0 spiro atoms. The van der Waals surface area contributed by atoms with E-state index in [0.29, 0.717) is 18.4 Å². The lowest BCUT2D eigenvalue weighted by atomic mass is 9.65. The summed E-state index contributed by atoms with van der Waals surface area (Å²) < 4.78 is 12.7. The molecule has 0 amide bonds. The van der Waals surface area contributed by atoms with E-state index in [2.05, 4.69) is 25.1 Å². The molecule has 2 fully saturated rings. The highest BCUT2D eigenvalue weighted by atomic mass is 16.5. The van der Waals surface area contributed by atoms with Gasteiger partial charge in [-0.1, -0.05) is 50.7 Å². The number of hydrogen-bond acceptors (Lipinski definition) is 2. The second-order valence-electron chi connectivity index (χ2n) is 7.32. The molecular formula is C21H32O2. The average molecular weight is 316 g/mol. The Balaban J connectivity index is 1.95. The summed E-state index contributed by atoms with van der Waals surface area (Å²) in [5.74, 6) is 2.30. The van der Waals surface area contributed by atoms with Crippen LogP contribution in [0.25, 0.3) is 0 Å². The van der Waals surface area contributed by atoms with Crippen molar-refractivity contribution in [2.75, 3.05) is 6.61 Å². The van der Waals surface area contributed by atoms with E-state index >= 15 is 0 Å². The van der Waals surface area contributed by atoms with Crippen molar-refractivity contribution in [1.82, 2.24) is 0 Å².